The van der Waals surface area contributed by atoms with Crippen LogP contribution in [0, 0.1) is 0 Å². The number of benzene rings is 1. The van der Waals surface area contributed by atoms with Crippen LogP contribution < -0.4 is 10.1 Å². The molecule has 0 saturated carbocycles. The first kappa shape index (κ1) is 15.6. The van der Waals surface area contributed by atoms with Crippen LogP contribution in [0.4, 0.5) is 13.2 Å². The minimum Gasteiger partial charge on any atom is -0.405 e. The van der Waals surface area contributed by atoms with Gasteiger partial charge in [-0.1, -0.05) is 18.2 Å². The largest absolute Gasteiger partial charge is 0.573 e. The molecule has 1 fully saturated rings. The van der Waals surface area contributed by atoms with Gasteiger partial charge in [-0.3, -0.25) is 4.79 Å². The van der Waals surface area contributed by atoms with Gasteiger partial charge in [-0.2, -0.15) is 0 Å². The first-order valence-electron chi connectivity index (χ1n) is 6.69. The van der Waals surface area contributed by atoms with E-state index in [-0.39, 0.29) is 24.2 Å². The van der Waals surface area contributed by atoms with Crippen LogP contribution in [0.2, 0.25) is 0 Å². The van der Waals surface area contributed by atoms with E-state index in [0.29, 0.717) is 5.56 Å². The van der Waals surface area contributed by atoms with Crippen LogP contribution in [-0.2, 0) is 11.3 Å². The summed E-state index contributed by atoms with van der Waals surface area (Å²) in [7, 11) is 1.58. The van der Waals surface area contributed by atoms with E-state index in [1.807, 2.05) is 0 Å². The van der Waals surface area contributed by atoms with Gasteiger partial charge in [0, 0.05) is 19.2 Å². The van der Waals surface area contributed by atoms with E-state index in [0.717, 1.165) is 19.4 Å². The van der Waals surface area contributed by atoms with E-state index < -0.39 is 6.36 Å². The lowest BCUT2D eigenvalue weighted by atomic mass is 10.1. The van der Waals surface area contributed by atoms with Gasteiger partial charge in [-0.15, -0.1) is 13.2 Å². The summed E-state index contributed by atoms with van der Waals surface area (Å²) in [4.78, 5) is 13.6. The maximum atomic E-state index is 12.4. The van der Waals surface area contributed by atoms with Crippen molar-refractivity contribution >= 4 is 5.91 Å². The number of likely N-dealkylation sites (N-methyl/N-ethyl adjacent to an activating group) is 1. The van der Waals surface area contributed by atoms with Crippen molar-refractivity contribution in [2.75, 3.05) is 13.6 Å². The lowest BCUT2D eigenvalue weighted by Crippen LogP contribution is -2.41. The normalized spacial score (nSPS) is 18.6. The molecule has 2 rings (SSSR count). The summed E-state index contributed by atoms with van der Waals surface area (Å²) in [5, 5.41) is 3.07. The number of hydrogen-bond donors (Lipinski definition) is 1. The summed E-state index contributed by atoms with van der Waals surface area (Å²) >= 11 is 0. The van der Waals surface area contributed by atoms with Crippen molar-refractivity contribution in [2.45, 2.75) is 31.8 Å². The third-order valence-electron chi connectivity index (χ3n) is 3.34. The molecule has 1 saturated heterocycles. The zero-order chi connectivity index (χ0) is 15.5. The second-order valence-electron chi connectivity index (χ2n) is 5.00. The zero-order valence-corrected chi connectivity index (χ0v) is 11.6. The molecular weight excluding hydrogens is 285 g/mol. The average Bonchev–Trinajstić information content (AvgIpc) is 2.92. The molecule has 0 aliphatic carbocycles. The number of para-hydroxylation sites is 1. The maximum Gasteiger partial charge on any atom is 0.573 e. The number of ether oxygens (including phenoxy) is 1. The van der Waals surface area contributed by atoms with Crippen molar-refractivity contribution in [1.82, 2.24) is 10.2 Å². The Morgan fingerprint density at radius 2 is 2.14 bits per heavy atom. The first-order chi connectivity index (χ1) is 9.87. The molecule has 0 spiro atoms. The number of hydrogen-bond acceptors (Lipinski definition) is 3. The zero-order valence-electron chi connectivity index (χ0n) is 11.6. The van der Waals surface area contributed by atoms with Crippen LogP contribution in [-0.4, -0.2) is 36.8 Å². The number of carbonyl (C=O) groups excluding carboxylic acids is 1. The molecule has 1 amide bonds. The molecule has 1 N–H and O–H groups in total. The molecule has 1 atom stereocenters. The molecule has 7 heteroatoms. The van der Waals surface area contributed by atoms with E-state index in [4.69, 9.17) is 0 Å². The van der Waals surface area contributed by atoms with Gasteiger partial charge in [0.1, 0.15) is 5.75 Å². The van der Waals surface area contributed by atoms with Gasteiger partial charge in [0.05, 0.1) is 6.04 Å². The smallest absolute Gasteiger partial charge is 0.405 e. The van der Waals surface area contributed by atoms with Crippen LogP contribution in [0.1, 0.15) is 18.4 Å². The second-order valence-corrected chi connectivity index (χ2v) is 5.00. The van der Waals surface area contributed by atoms with Crippen LogP contribution >= 0.6 is 0 Å². The summed E-state index contributed by atoms with van der Waals surface area (Å²) in [6.07, 6.45) is -3.06. The monoisotopic (exact) mass is 302 g/mol. The highest BCUT2D eigenvalue weighted by atomic mass is 19.4. The topological polar surface area (TPSA) is 41.6 Å². The van der Waals surface area contributed by atoms with Crippen LogP contribution in [0.15, 0.2) is 24.3 Å². The van der Waals surface area contributed by atoms with Gasteiger partial charge in [-0.25, -0.2) is 0 Å². The van der Waals surface area contributed by atoms with Gasteiger partial charge in [0.2, 0.25) is 5.91 Å². The van der Waals surface area contributed by atoms with Crippen molar-refractivity contribution < 1.29 is 22.7 Å². The Labute approximate surface area is 120 Å². The van der Waals surface area contributed by atoms with Crippen molar-refractivity contribution in [3.05, 3.63) is 29.8 Å². The van der Waals surface area contributed by atoms with Crippen LogP contribution in [0.25, 0.3) is 0 Å². The fourth-order valence-corrected chi connectivity index (χ4v) is 2.35. The molecule has 1 aliphatic rings. The molecular formula is C14H17F3N2O2. The quantitative estimate of drug-likeness (QED) is 0.928. The van der Waals surface area contributed by atoms with Gasteiger partial charge in [0.15, 0.2) is 0 Å². The highest BCUT2D eigenvalue weighted by Crippen LogP contribution is 2.27. The van der Waals surface area contributed by atoms with Crippen molar-refractivity contribution in [3.8, 4) is 5.75 Å². The Bertz CT molecular complexity index is 499. The highest BCUT2D eigenvalue weighted by Gasteiger charge is 2.32. The molecule has 4 nitrogen and oxygen atoms in total. The van der Waals surface area contributed by atoms with Crippen molar-refractivity contribution in [3.63, 3.8) is 0 Å². The number of rotatable bonds is 4. The van der Waals surface area contributed by atoms with E-state index in [1.54, 1.807) is 13.1 Å². The molecule has 1 aliphatic heterocycles. The van der Waals surface area contributed by atoms with Gasteiger partial charge in [-0.05, 0) is 25.5 Å². The minimum atomic E-state index is -4.74. The van der Waals surface area contributed by atoms with Crippen LogP contribution in [0.3, 0.4) is 0 Å². The number of carbonyl (C=O) groups is 1. The lowest BCUT2D eigenvalue weighted by Gasteiger charge is -2.22. The Balaban J connectivity index is 2.06. The lowest BCUT2D eigenvalue weighted by molar-refractivity contribution is -0.275. The molecule has 116 valence electrons. The standard InChI is InChI=1S/C14H17F3N2O2/c1-19(13(20)11-6-4-8-18-11)9-10-5-2-3-7-12(10)21-14(15,16)17/h2-3,5,7,11,18H,4,6,8-9H2,1H3/t11-/m1/s1. The molecule has 0 radical (unpaired) electrons. The molecule has 0 bridgehead atoms. The maximum absolute atomic E-state index is 12.4. The number of halogens is 3. The summed E-state index contributed by atoms with van der Waals surface area (Å²) in [5.74, 6) is -0.390. The van der Waals surface area contributed by atoms with E-state index >= 15 is 0 Å². The Kier molecular flexibility index (Phi) is 4.72. The average molecular weight is 302 g/mol. The fraction of sp³-hybridized carbons (Fsp3) is 0.500. The summed E-state index contributed by atoms with van der Waals surface area (Å²) in [6, 6.07) is 5.60. The molecule has 1 heterocycles. The van der Waals surface area contributed by atoms with Crippen molar-refractivity contribution in [2.24, 2.45) is 0 Å². The summed E-state index contributed by atoms with van der Waals surface area (Å²) in [6.45, 7) is 0.862. The predicted molar refractivity (Wildman–Crippen MR) is 70.6 cm³/mol. The molecule has 1 aromatic carbocycles. The Morgan fingerprint density at radius 3 is 2.76 bits per heavy atom. The highest BCUT2D eigenvalue weighted by molar-refractivity contribution is 5.82. The van der Waals surface area contributed by atoms with E-state index in [1.165, 1.54) is 23.1 Å². The molecule has 1 aromatic rings. The van der Waals surface area contributed by atoms with Gasteiger partial charge >= 0.3 is 6.36 Å². The molecule has 0 aromatic heterocycles. The predicted octanol–water partition coefficient (Wildman–Crippen LogP) is 2.30. The fourth-order valence-electron chi connectivity index (χ4n) is 2.35. The molecule has 21 heavy (non-hydrogen) atoms. The van der Waals surface area contributed by atoms with Gasteiger partial charge < -0.3 is 15.0 Å². The summed E-state index contributed by atoms with van der Waals surface area (Å²) < 4.78 is 41.0. The minimum absolute atomic E-state index is 0.0727. The first-order valence-corrected chi connectivity index (χ1v) is 6.69. The van der Waals surface area contributed by atoms with Crippen molar-refractivity contribution in [1.29, 1.82) is 0 Å². The second kappa shape index (κ2) is 6.34. The van der Waals surface area contributed by atoms with Gasteiger partial charge in [0.25, 0.3) is 0 Å². The van der Waals surface area contributed by atoms with E-state index in [2.05, 4.69) is 10.1 Å². The Hall–Kier alpha value is -1.76. The summed E-state index contributed by atoms with van der Waals surface area (Å²) in [5.41, 5.74) is 0.323. The number of nitrogens with one attached hydrogen (secondary N) is 1. The molecule has 0 unspecified atom stereocenters. The van der Waals surface area contributed by atoms with Crippen LogP contribution in [0.5, 0.6) is 5.75 Å². The SMILES string of the molecule is CN(Cc1ccccc1OC(F)(F)F)C(=O)[C@H]1CCCN1. The third-order valence-corrected chi connectivity index (χ3v) is 3.34. The van der Waals surface area contributed by atoms with E-state index in [9.17, 15) is 18.0 Å². The Morgan fingerprint density at radius 1 is 1.43 bits per heavy atom. The third kappa shape index (κ3) is 4.35. The number of amides is 1. The number of alkyl halides is 3. The number of nitrogens with zero attached hydrogens (tertiary/aromatic N) is 1.